The first-order chi connectivity index (χ1) is 14.2. The Kier molecular flexibility index (Phi) is 6.30. The molecule has 156 valence electrons. The maximum absolute atomic E-state index is 13.9. The van der Waals surface area contributed by atoms with Crippen molar-refractivity contribution in [1.29, 1.82) is 0 Å². The fourth-order valence-electron chi connectivity index (χ4n) is 3.12. The number of nitrogens with one attached hydrogen (secondary N) is 1. The normalized spacial score (nSPS) is 10.7. The summed E-state index contributed by atoms with van der Waals surface area (Å²) in [6, 6.07) is 12.5. The molecule has 0 saturated heterocycles. The number of carbonyl (C=O) groups excluding carboxylic acids is 2. The molecule has 0 aliphatic rings. The number of amides is 1. The smallest absolute Gasteiger partial charge is 0.342 e. The van der Waals surface area contributed by atoms with Crippen molar-refractivity contribution in [2.75, 3.05) is 11.9 Å². The van der Waals surface area contributed by atoms with Crippen LogP contribution in [0.3, 0.4) is 0 Å². The van der Waals surface area contributed by atoms with E-state index in [1.165, 1.54) is 17.7 Å². The molecule has 0 atom stereocenters. The van der Waals surface area contributed by atoms with Crippen molar-refractivity contribution >= 4 is 17.6 Å². The number of hydrogen-bond donors (Lipinski definition) is 1. The van der Waals surface area contributed by atoms with E-state index in [1.54, 1.807) is 31.5 Å². The molecule has 0 fully saturated rings. The van der Waals surface area contributed by atoms with Crippen LogP contribution in [0, 0.1) is 33.5 Å². The minimum Gasteiger partial charge on any atom is -0.452 e. The maximum atomic E-state index is 13.9. The second-order valence-electron chi connectivity index (χ2n) is 7.30. The van der Waals surface area contributed by atoms with E-state index < -0.39 is 24.3 Å². The number of rotatable bonds is 6. The number of nitrogens with zero attached hydrogens (tertiary/aromatic N) is 2. The molecule has 3 rings (SSSR count). The number of halogens is 1. The topological polar surface area (TPSA) is 73.2 Å². The van der Waals surface area contributed by atoms with Gasteiger partial charge in [-0.15, -0.1) is 0 Å². The number of ether oxygens (including phenoxy) is 1. The minimum atomic E-state index is -0.639. The van der Waals surface area contributed by atoms with Crippen LogP contribution in [0.1, 0.15) is 38.4 Å². The second kappa shape index (κ2) is 8.90. The van der Waals surface area contributed by atoms with E-state index in [0.717, 1.165) is 11.1 Å². The minimum absolute atomic E-state index is 0.0416. The molecule has 2 aromatic carbocycles. The van der Waals surface area contributed by atoms with E-state index in [0.29, 0.717) is 23.5 Å². The first kappa shape index (κ1) is 21.2. The number of esters is 1. The van der Waals surface area contributed by atoms with Gasteiger partial charge in [0.2, 0.25) is 0 Å². The highest BCUT2D eigenvalue weighted by molar-refractivity contribution is 5.96. The van der Waals surface area contributed by atoms with Crippen LogP contribution in [0.25, 0.3) is 0 Å². The van der Waals surface area contributed by atoms with Crippen LogP contribution in [-0.2, 0) is 16.1 Å². The third kappa shape index (κ3) is 4.92. The molecule has 0 saturated carbocycles. The molecule has 6 nitrogen and oxygen atoms in total. The number of carbonyl (C=O) groups is 2. The van der Waals surface area contributed by atoms with E-state index >= 15 is 0 Å². The standard InChI is InChI=1S/C23H24FN3O3/c1-14-5-8-18(9-6-14)12-27-17(4)22(16(3)26-27)23(29)30-13-21(28)25-20-10-7-15(2)11-19(20)24/h5-11H,12-13H2,1-4H3,(H,25,28). The van der Waals surface area contributed by atoms with Gasteiger partial charge in [0, 0.05) is 0 Å². The highest BCUT2D eigenvalue weighted by atomic mass is 19.1. The van der Waals surface area contributed by atoms with E-state index in [-0.39, 0.29) is 5.69 Å². The van der Waals surface area contributed by atoms with Crippen LogP contribution < -0.4 is 5.32 Å². The molecule has 0 aliphatic heterocycles. The summed E-state index contributed by atoms with van der Waals surface area (Å²) >= 11 is 0. The highest BCUT2D eigenvalue weighted by Crippen LogP contribution is 2.17. The SMILES string of the molecule is Cc1ccc(Cn2nc(C)c(C(=O)OCC(=O)Nc3ccc(C)cc3F)c2C)cc1. The van der Waals surface area contributed by atoms with E-state index in [9.17, 15) is 14.0 Å². The highest BCUT2D eigenvalue weighted by Gasteiger charge is 2.21. The molecular formula is C23H24FN3O3. The third-order valence-corrected chi connectivity index (χ3v) is 4.77. The van der Waals surface area contributed by atoms with Crippen molar-refractivity contribution in [3.8, 4) is 0 Å². The maximum Gasteiger partial charge on any atom is 0.342 e. The molecule has 30 heavy (non-hydrogen) atoms. The molecule has 1 aromatic heterocycles. The molecule has 0 spiro atoms. The molecule has 0 bridgehead atoms. The van der Waals surface area contributed by atoms with E-state index in [2.05, 4.69) is 10.4 Å². The summed E-state index contributed by atoms with van der Waals surface area (Å²) in [6.45, 7) is 7.27. The van der Waals surface area contributed by atoms with Gasteiger partial charge in [-0.25, -0.2) is 9.18 Å². The summed E-state index contributed by atoms with van der Waals surface area (Å²) in [5.41, 5.74) is 4.52. The van der Waals surface area contributed by atoms with Gasteiger partial charge in [0.25, 0.3) is 5.91 Å². The third-order valence-electron chi connectivity index (χ3n) is 4.77. The molecule has 1 N–H and O–H groups in total. The zero-order valence-electron chi connectivity index (χ0n) is 17.5. The van der Waals surface area contributed by atoms with Crippen LogP contribution in [0.2, 0.25) is 0 Å². The van der Waals surface area contributed by atoms with Crippen LogP contribution in [0.15, 0.2) is 42.5 Å². The van der Waals surface area contributed by atoms with Gasteiger partial charge in [-0.2, -0.15) is 5.10 Å². The predicted molar refractivity (Wildman–Crippen MR) is 112 cm³/mol. The Labute approximate surface area is 174 Å². The average molecular weight is 409 g/mol. The van der Waals surface area contributed by atoms with Gasteiger partial charge in [-0.3, -0.25) is 9.48 Å². The van der Waals surface area contributed by atoms with Crippen molar-refractivity contribution in [1.82, 2.24) is 9.78 Å². The molecule has 0 radical (unpaired) electrons. The Morgan fingerprint density at radius 1 is 1.03 bits per heavy atom. The lowest BCUT2D eigenvalue weighted by Crippen LogP contribution is -2.22. The van der Waals surface area contributed by atoms with Gasteiger partial charge in [0.05, 0.1) is 23.6 Å². The van der Waals surface area contributed by atoms with Gasteiger partial charge >= 0.3 is 5.97 Å². The van der Waals surface area contributed by atoms with Crippen molar-refractivity contribution < 1.29 is 18.7 Å². The lowest BCUT2D eigenvalue weighted by Gasteiger charge is -2.09. The molecule has 7 heteroatoms. The van der Waals surface area contributed by atoms with E-state index in [4.69, 9.17) is 4.74 Å². The fourth-order valence-corrected chi connectivity index (χ4v) is 3.12. The fraction of sp³-hybridized carbons (Fsp3) is 0.261. The number of aryl methyl sites for hydroxylation is 3. The lowest BCUT2D eigenvalue weighted by molar-refractivity contribution is -0.119. The number of aromatic nitrogens is 2. The summed E-state index contributed by atoms with van der Waals surface area (Å²) in [5, 5.41) is 6.83. The summed E-state index contributed by atoms with van der Waals surface area (Å²) < 4.78 is 20.7. The van der Waals surface area contributed by atoms with Crippen LogP contribution in [0.4, 0.5) is 10.1 Å². The second-order valence-corrected chi connectivity index (χ2v) is 7.30. The Bertz CT molecular complexity index is 1090. The molecule has 1 amide bonds. The quantitative estimate of drug-likeness (QED) is 0.622. The molecule has 0 aliphatic carbocycles. The Morgan fingerprint density at radius 3 is 2.37 bits per heavy atom. The van der Waals surface area contributed by atoms with Crippen LogP contribution in [0.5, 0.6) is 0 Å². The van der Waals surface area contributed by atoms with Crippen LogP contribution in [-0.4, -0.2) is 28.3 Å². The van der Waals surface area contributed by atoms with Gasteiger partial charge in [0.15, 0.2) is 6.61 Å². The number of anilines is 1. The molecule has 1 heterocycles. The summed E-state index contributed by atoms with van der Waals surface area (Å²) in [6.07, 6.45) is 0. The summed E-state index contributed by atoms with van der Waals surface area (Å²) in [7, 11) is 0. The van der Waals surface area contributed by atoms with Crippen molar-refractivity contribution in [3.63, 3.8) is 0 Å². The van der Waals surface area contributed by atoms with Gasteiger partial charge < -0.3 is 10.1 Å². The predicted octanol–water partition coefficient (Wildman–Crippen LogP) is 4.10. The first-order valence-corrected chi connectivity index (χ1v) is 9.57. The zero-order chi connectivity index (χ0) is 21.8. The number of benzene rings is 2. The van der Waals surface area contributed by atoms with Crippen molar-refractivity contribution in [3.05, 3.63) is 81.9 Å². The van der Waals surface area contributed by atoms with Crippen molar-refractivity contribution in [2.45, 2.75) is 34.2 Å². The largest absolute Gasteiger partial charge is 0.452 e. The Hall–Kier alpha value is -3.48. The van der Waals surface area contributed by atoms with Crippen LogP contribution >= 0.6 is 0 Å². The lowest BCUT2D eigenvalue weighted by atomic mass is 10.1. The Balaban J connectivity index is 1.64. The monoisotopic (exact) mass is 409 g/mol. The van der Waals surface area contributed by atoms with Gasteiger partial charge in [-0.1, -0.05) is 35.9 Å². The average Bonchev–Trinajstić information content (AvgIpc) is 2.97. The molecular weight excluding hydrogens is 385 g/mol. The Morgan fingerprint density at radius 2 is 1.70 bits per heavy atom. The zero-order valence-corrected chi connectivity index (χ0v) is 17.5. The summed E-state index contributed by atoms with van der Waals surface area (Å²) in [5.74, 6) is -1.80. The molecule has 3 aromatic rings. The van der Waals surface area contributed by atoms with Crippen molar-refractivity contribution in [2.24, 2.45) is 0 Å². The van der Waals surface area contributed by atoms with E-state index in [1.807, 2.05) is 31.2 Å². The number of hydrogen-bond acceptors (Lipinski definition) is 4. The summed E-state index contributed by atoms with van der Waals surface area (Å²) in [4.78, 5) is 24.6. The van der Waals surface area contributed by atoms with Gasteiger partial charge in [0.1, 0.15) is 11.4 Å². The van der Waals surface area contributed by atoms with Gasteiger partial charge in [-0.05, 0) is 51.0 Å². The first-order valence-electron chi connectivity index (χ1n) is 9.57. The molecule has 0 unspecified atom stereocenters.